The minimum Gasteiger partial charge on any atom is -0.475 e. The summed E-state index contributed by atoms with van der Waals surface area (Å²) in [5.74, 6) is -1.57. The molecule has 0 radical (unpaired) electrons. The first-order valence-electron chi connectivity index (χ1n) is 10.7. The Morgan fingerprint density at radius 2 is 1.94 bits per heavy atom. The van der Waals surface area contributed by atoms with Gasteiger partial charge in [0.15, 0.2) is 0 Å². The van der Waals surface area contributed by atoms with E-state index in [4.69, 9.17) is 9.90 Å². The van der Waals surface area contributed by atoms with E-state index in [-0.39, 0.29) is 5.91 Å². The molecule has 1 atom stereocenters. The van der Waals surface area contributed by atoms with Crippen LogP contribution in [0.15, 0.2) is 42.7 Å². The van der Waals surface area contributed by atoms with Crippen molar-refractivity contribution in [3.63, 3.8) is 0 Å². The maximum Gasteiger partial charge on any atom is 0.490 e. The molecule has 2 aromatic heterocycles. The number of amides is 1. The number of aliphatic carboxylic acids is 1. The van der Waals surface area contributed by atoms with E-state index in [0.717, 1.165) is 50.4 Å². The van der Waals surface area contributed by atoms with Crippen molar-refractivity contribution in [2.75, 3.05) is 13.1 Å². The van der Waals surface area contributed by atoms with Crippen LogP contribution in [0.25, 0.3) is 0 Å². The number of halogens is 3. The Balaban J connectivity index is 0.000000406. The summed E-state index contributed by atoms with van der Waals surface area (Å²) in [5, 5.41) is 15.7. The van der Waals surface area contributed by atoms with Crippen LogP contribution in [0.1, 0.15) is 40.4 Å². The summed E-state index contributed by atoms with van der Waals surface area (Å²) in [7, 11) is 0. The van der Waals surface area contributed by atoms with E-state index < -0.39 is 12.1 Å². The predicted octanol–water partition coefficient (Wildman–Crippen LogP) is 3.09. The third kappa shape index (κ3) is 7.15. The number of likely N-dealkylation sites (tertiary alicyclic amines) is 1. The fourth-order valence-corrected chi connectivity index (χ4v) is 3.68. The van der Waals surface area contributed by atoms with Gasteiger partial charge in [0.2, 0.25) is 0 Å². The van der Waals surface area contributed by atoms with Crippen LogP contribution < -0.4 is 0 Å². The number of imidazole rings is 1. The largest absolute Gasteiger partial charge is 0.490 e. The molecule has 1 saturated heterocycles. The van der Waals surface area contributed by atoms with Crippen molar-refractivity contribution < 1.29 is 27.9 Å². The minimum absolute atomic E-state index is 0.0312. The van der Waals surface area contributed by atoms with E-state index >= 15 is 0 Å². The summed E-state index contributed by atoms with van der Waals surface area (Å²) in [5.41, 5.74) is 2.77. The number of piperidine rings is 1. The third-order valence-electron chi connectivity index (χ3n) is 5.24. The molecule has 0 saturated carbocycles. The van der Waals surface area contributed by atoms with E-state index in [1.807, 2.05) is 40.9 Å². The van der Waals surface area contributed by atoms with Gasteiger partial charge in [0.05, 0.1) is 11.9 Å². The van der Waals surface area contributed by atoms with Gasteiger partial charge in [-0.15, -0.1) is 5.10 Å². The Morgan fingerprint density at radius 1 is 1.24 bits per heavy atom. The monoisotopic (exact) mass is 478 g/mol. The van der Waals surface area contributed by atoms with Gasteiger partial charge in [-0.2, -0.15) is 13.2 Å². The molecule has 1 aliphatic rings. The molecule has 0 spiro atoms. The van der Waals surface area contributed by atoms with Gasteiger partial charge in [0.25, 0.3) is 5.91 Å². The molecule has 3 aromatic rings. The first-order valence-corrected chi connectivity index (χ1v) is 10.7. The van der Waals surface area contributed by atoms with Crippen LogP contribution in [0.2, 0.25) is 0 Å². The molecule has 3 heterocycles. The summed E-state index contributed by atoms with van der Waals surface area (Å²) in [6.07, 6.45) is 1.45. The number of H-pyrrole nitrogens is 1. The Hall–Kier alpha value is -3.70. The van der Waals surface area contributed by atoms with Crippen LogP contribution in [-0.2, 0) is 17.8 Å². The lowest BCUT2D eigenvalue weighted by Gasteiger charge is -2.32. The molecule has 0 aliphatic carbocycles. The number of aromatic amines is 1. The fraction of sp³-hybridized carbons (Fsp3) is 0.409. The quantitative estimate of drug-likeness (QED) is 0.582. The lowest BCUT2D eigenvalue weighted by molar-refractivity contribution is -0.192. The molecule has 0 bridgehead atoms. The number of nitrogens with one attached hydrogen (secondary N) is 1. The van der Waals surface area contributed by atoms with E-state index in [2.05, 4.69) is 32.4 Å². The van der Waals surface area contributed by atoms with Crippen molar-refractivity contribution in [3.05, 3.63) is 65.5 Å². The molecule has 182 valence electrons. The first-order chi connectivity index (χ1) is 16.1. The van der Waals surface area contributed by atoms with Gasteiger partial charge in [-0.1, -0.05) is 35.5 Å². The second kappa shape index (κ2) is 10.9. The average molecular weight is 478 g/mol. The van der Waals surface area contributed by atoms with Crippen molar-refractivity contribution in [1.82, 2.24) is 29.9 Å². The molecule has 1 amide bonds. The molecule has 1 fully saturated rings. The number of hydrogen-bond donors (Lipinski definition) is 2. The van der Waals surface area contributed by atoms with E-state index in [1.165, 1.54) is 5.56 Å². The van der Waals surface area contributed by atoms with Gasteiger partial charge in [0.1, 0.15) is 11.5 Å². The normalized spacial score (nSPS) is 16.0. The SMILES string of the molecule is Cc1ncc(C(=O)N2CCCC(Cn3cc(Cc4ccccc4)nn3)C2)[nH]1.O=C(O)C(F)(F)F. The van der Waals surface area contributed by atoms with E-state index in [1.54, 1.807) is 6.20 Å². The van der Waals surface area contributed by atoms with Crippen LogP contribution in [0.3, 0.4) is 0 Å². The number of hydrogen-bond acceptors (Lipinski definition) is 5. The Morgan fingerprint density at radius 3 is 2.56 bits per heavy atom. The number of benzene rings is 1. The fourth-order valence-electron chi connectivity index (χ4n) is 3.68. The van der Waals surface area contributed by atoms with Gasteiger partial charge < -0.3 is 15.0 Å². The van der Waals surface area contributed by atoms with Crippen molar-refractivity contribution in [2.45, 2.75) is 38.9 Å². The van der Waals surface area contributed by atoms with Crippen LogP contribution in [-0.4, -0.2) is 66.1 Å². The van der Waals surface area contributed by atoms with Crippen molar-refractivity contribution in [1.29, 1.82) is 0 Å². The smallest absolute Gasteiger partial charge is 0.475 e. The van der Waals surface area contributed by atoms with Crippen LogP contribution >= 0.6 is 0 Å². The second-order valence-corrected chi connectivity index (χ2v) is 8.04. The van der Waals surface area contributed by atoms with Gasteiger partial charge in [-0.25, -0.2) is 9.78 Å². The number of carbonyl (C=O) groups is 2. The van der Waals surface area contributed by atoms with Crippen molar-refractivity contribution in [3.8, 4) is 0 Å². The summed E-state index contributed by atoms with van der Waals surface area (Å²) in [6, 6.07) is 10.3. The molecule has 1 aromatic carbocycles. The summed E-state index contributed by atoms with van der Waals surface area (Å²) < 4.78 is 33.7. The lowest BCUT2D eigenvalue weighted by atomic mass is 9.98. The molecular weight excluding hydrogens is 453 g/mol. The third-order valence-corrected chi connectivity index (χ3v) is 5.24. The zero-order valence-corrected chi connectivity index (χ0v) is 18.5. The molecule has 9 nitrogen and oxygen atoms in total. The van der Waals surface area contributed by atoms with Crippen LogP contribution in [0.4, 0.5) is 13.2 Å². The highest BCUT2D eigenvalue weighted by Gasteiger charge is 2.38. The molecule has 1 unspecified atom stereocenters. The maximum atomic E-state index is 12.6. The zero-order valence-electron chi connectivity index (χ0n) is 18.5. The average Bonchev–Trinajstić information content (AvgIpc) is 3.42. The van der Waals surface area contributed by atoms with Gasteiger partial charge in [-0.05, 0) is 31.2 Å². The number of aromatic nitrogens is 5. The molecule has 1 aliphatic heterocycles. The summed E-state index contributed by atoms with van der Waals surface area (Å²) in [4.78, 5) is 30.6. The zero-order chi connectivity index (χ0) is 24.7. The van der Waals surface area contributed by atoms with Crippen molar-refractivity contribution in [2.24, 2.45) is 5.92 Å². The van der Waals surface area contributed by atoms with E-state index in [0.29, 0.717) is 11.6 Å². The van der Waals surface area contributed by atoms with E-state index in [9.17, 15) is 18.0 Å². The Kier molecular flexibility index (Phi) is 8.03. The Bertz CT molecular complexity index is 1100. The standard InChI is InChI=1S/C20H24N6O.C2HF3O2/c1-15-21-11-19(22-15)20(27)25-9-5-8-17(12-25)13-26-14-18(23-24-26)10-16-6-3-2-4-7-16;3-2(4,5)1(6)7/h2-4,6-7,11,14,17H,5,8-10,12-13H2,1H3,(H,21,22);(H,6,7). The number of carbonyl (C=O) groups excluding carboxylic acids is 1. The number of carboxylic acids is 1. The van der Waals surface area contributed by atoms with Gasteiger partial charge in [0, 0.05) is 32.3 Å². The van der Waals surface area contributed by atoms with Crippen LogP contribution in [0.5, 0.6) is 0 Å². The minimum atomic E-state index is -5.08. The lowest BCUT2D eigenvalue weighted by Crippen LogP contribution is -2.41. The highest BCUT2D eigenvalue weighted by atomic mass is 19.4. The molecule has 4 rings (SSSR count). The number of aryl methyl sites for hydroxylation is 1. The molecule has 2 N–H and O–H groups in total. The number of rotatable bonds is 5. The predicted molar refractivity (Wildman–Crippen MR) is 115 cm³/mol. The maximum absolute atomic E-state index is 12.6. The number of carboxylic acid groups (broad SMARTS) is 1. The number of nitrogens with zero attached hydrogens (tertiary/aromatic N) is 5. The first kappa shape index (κ1) is 24.9. The van der Waals surface area contributed by atoms with Gasteiger partial charge >= 0.3 is 12.1 Å². The Labute approximate surface area is 193 Å². The topological polar surface area (TPSA) is 117 Å². The highest BCUT2D eigenvalue weighted by molar-refractivity contribution is 5.92. The van der Waals surface area contributed by atoms with Crippen molar-refractivity contribution >= 4 is 11.9 Å². The van der Waals surface area contributed by atoms with Crippen LogP contribution in [0, 0.1) is 12.8 Å². The van der Waals surface area contributed by atoms with Gasteiger partial charge in [-0.3, -0.25) is 9.48 Å². The summed E-state index contributed by atoms with van der Waals surface area (Å²) >= 11 is 0. The molecular formula is C22H25F3N6O3. The number of alkyl halides is 3. The highest BCUT2D eigenvalue weighted by Crippen LogP contribution is 2.20. The second-order valence-electron chi connectivity index (χ2n) is 8.04. The summed E-state index contributed by atoms with van der Waals surface area (Å²) in [6.45, 7) is 4.18. The molecule has 34 heavy (non-hydrogen) atoms. The molecule has 12 heteroatoms.